The zero-order chi connectivity index (χ0) is 20.2. The summed E-state index contributed by atoms with van der Waals surface area (Å²) in [4.78, 5) is 9.48. The van der Waals surface area contributed by atoms with Gasteiger partial charge in [-0.2, -0.15) is 5.10 Å². The predicted molar refractivity (Wildman–Crippen MR) is 107 cm³/mol. The molecule has 2 aliphatic heterocycles. The van der Waals surface area contributed by atoms with E-state index in [9.17, 15) is 12.8 Å². The van der Waals surface area contributed by atoms with Crippen molar-refractivity contribution in [2.75, 3.05) is 32.4 Å². The van der Waals surface area contributed by atoms with Gasteiger partial charge in [-0.1, -0.05) is 0 Å². The first kappa shape index (κ1) is 18.7. The molecule has 2 fully saturated rings. The van der Waals surface area contributed by atoms with Crippen LogP contribution in [0.1, 0.15) is 18.9 Å². The lowest BCUT2D eigenvalue weighted by Crippen LogP contribution is -2.56. The molecule has 0 unspecified atom stereocenters. The molecule has 0 radical (unpaired) electrons. The molecule has 10 heteroatoms. The van der Waals surface area contributed by atoms with E-state index < -0.39 is 10.0 Å². The molecule has 3 aromatic heterocycles. The quantitative estimate of drug-likeness (QED) is 0.699. The molecule has 0 atom stereocenters. The number of aromatic amines is 1. The highest BCUT2D eigenvalue weighted by atomic mass is 32.2. The molecule has 154 valence electrons. The van der Waals surface area contributed by atoms with Crippen LogP contribution in [0.3, 0.4) is 0 Å². The molecule has 0 aromatic carbocycles. The molecule has 5 heterocycles. The number of rotatable bonds is 4. The van der Waals surface area contributed by atoms with E-state index >= 15 is 0 Å². The number of H-pyrrole nitrogens is 1. The van der Waals surface area contributed by atoms with E-state index in [1.165, 1.54) is 12.5 Å². The summed E-state index contributed by atoms with van der Waals surface area (Å²) in [7, 11) is -3.09. The van der Waals surface area contributed by atoms with Gasteiger partial charge in [-0.25, -0.2) is 22.1 Å². The Morgan fingerprint density at radius 2 is 1.93 bits per heavy atom. The van der Waals surface area contributed by atoms with Gasteiger partial charge in [0.2, 0.25) is 10.0 Å². The second-order valence-corrected chi connectivity index (χ2v) is 9.91. The molecule has 5 rings (SSSR count). The summed E-state index contributed by atoms with van der Waals surface area (Å²) in [6, 6.07) is 2.49. The number of likely N-dealkylation sites (tertiary alicyclic amines) is 1. The molecule has 0 bridgehead atoms. The first-order chi connectivity index (χ1) is 13.9. The van der Waals surface area contributed by atoms with Crippen LogP contribution >= 0.6 is 0 Å². The highest BCUT2D eigenvalue weighted by molar-refractivity contribution is 7.88. The Hall–Kier alpha value is -2.30. The SMILES string of the molecule is CS(=O)(=O)N1CCC(N2CC(n3cc(-c4c(F)cnc5[nH]ccc45)cn3)C2)CC1. The molecule has 2 aliphatic rings. The Kier molecular flexibility index (Phi) is 4.45. The third-order valence-electron chi connectivity index (χ3n) is 6.10. The van der Waals surface area contributed by atoms with Gasteiger partial charge in [-0.15, -0.1) is 0 Å². The van der Waals surface area contributed by atoms with Gasteiger partial charge in [0.15, 0.2) is 0 Å². The van der Waals surface area contributed by atoms with Crippen molar-refractivity contribution in [3.8, 4) is 11.1 Å². The van der Waals surface area contributed by atoms with Crippen LogP contribution in [-0.2, 0) is 10.0 Å². The van der Waals surface area contributed by atoms with Gasteiger partial charge in [-0.3, -0.25) is 9.58 Å². The molecule has 29 heavy (non-hydrogen) atoms. The molecule has 1 N–H and O–H groups in total. The molecule has 0 amide bonds. The van der Waals surface area contributed by atoms with Crippen LogP contribution in [0.25, 0.3) is 22.2 Å². The maximum Gasteiger partial charge on any atom is 0.211 e. The minimum absolute atomic E-state index is 0.253. The normalized spacial score (nSPS) is 20.3. The minimum Gasteiger partial charge on any atom is -0.346 e. The predicted octanol–water partition coefficient (Wildman–Crippen LogP) is 1.85. The van der Waals surface area contributed by atoms with Crippen molar-refractivity contribution in [2.45, 2.75) is 24.9 Å². The average molecular weight is 418 g/mol. The molecule has 3 aromatic rings. The second-order valence-electron chi connectivity index (χ2n) is 7.93. The van der Waals surface area contributed by atoms with Crippen molar-refractivity contribution < 1.29 is 12.8 Å². The van der Waals surface area contributed by atoms with Crippen molar-refractivity contribution in [3.05, 3.63) is 36.7 Å². The Morgan fingerprint density at radius 1 is 1.17 bits per heavy atom. The van der Waals surface area contributed by atoms with E-state index in [-0.39, 0.29) is 11.9 Å². The van der Waals surface area contributed by atoms with Gasteiger partial charge >= 0.3 is 0 Å². The Bertz CT molecular complexity index is 1140. The maximum absolute atomic E-state index is 14.4. The highest BCUT2D eigenvalue weighted by Crippen LogP contribution is 2.32. The van der Waals surface area contributed by atoms with Crippen molar-refractivity contribution in [1.82, 2.24) is 29.0 Å². The largest absolute Gasteiger partial charge is 0.346 e. The van der Waals surface area contributed by atoms with Gasteiger partial charge in [-0.05, 0) is 18.9 Å². The van der Waals surface area contributed by atoms with Crippen molar-refractivity contribution in [3.63, 3.8) is 0 Å². The van der Waals surface area contributed by atoms with E-state index in [1.54, 1.807) is 16.7 Å². The number of piperidine rings is 1. The van der Waals surface area contributed by atoms with Crippen molar-refractivity contribution in [2.24, 2.45) is 0 Å². The zero-order valence-electron chi connectivity index (χ0n) is 16.1. The maximum atomic E-state index is 14.4. The van der Waals surface area contributed by atoms with E-state index in [1.807, 2.05) is 16.9 Å². The number of aromatic nitrogens is 4. The molecule has 0 saturated carbocycles. The van der Waals surface area contributed by atoms with E-state index in [4.69, 9.17) is 0 Å². The fraction of sp³-hybridized carbons (Fsp3) is 0.474. The summed E-state index contributed by atoms with van der Waals surface area (Å²) < 4.78 is 41.2. The zero-order valence-corrected chi connectivity index (χ0v) is 16.9. The van der Waals surface area contributed by atoms with Crippen LogP contribution in [-0.4, -0.2) is 75.8 Å². The van der Waals surface area contributed by atoms with Crippen molar-refractivity contribution >= 4 is 21.1 Å². The van der Waals surface area contributed by atoms with Gasteiger partial charge in [0.1, 0.15) is 11.5 Å². The molecular formula is C19H23FN6O2S. The lowest BCUT2D eigenvalue weighted by Gasteiger charge is -2.46. The summed E-state index contributed by atoms with van der Waals surface area (Å²) in [6.45, 7) is 2.93. The van der Waals surface area contributed by atoms with Crippen molar-refractivity contribution in [1.29, 1.82) is 0 Å². The lowest BCUT2D eigenvalue weighted by atomic mass is 9.98. The number of fused-ring (bicyclic) bond motifs is 1. The number of nitrogens with one attached hydrogen (secondary N) is 1. The van der Waals surface area contributed by atoms with Crippen LogP contribution in [0, 0.1) is 5.82 Å². The summed E-state index contributed by atoms with van der Waals surface area (Å²) in [5, 5.41) is 5.22. The van der Waals surface area contributed by atoms with Gasteiger partial charge in [0.25, 0.3) is 0 Å². The first-order valence-electron chi connectivity index (χ1n) is 9.75. The third-order valence-corrected chi connectivity index (χ3v) is 7.41. The molecule has 0 aliphatic carbocycles. The number of hydrogen-bond donors (Lipinski definition) is 1. The van der Waals surface area contributed by atoms with E-state index in [0.29, 0.717) is 30.3 Å². The van der Waals surface area contributed by atoms with Crippen LogP contribution in [0.15, 0.2) is 30.9 Å². The molecular weight excluding hydrogens is 395 g/mol. The lowest BCUT2D eigenvalue weighted by molar-refractivity contribution is 0.0309. The van der Waals surface area contributed by atoms with Crippen LogP contribution in [0.5, 0.6) is 0 Å². The van der Waals surface area contributed by atoms with Gasteiger partial charge in [0, 0.05) is 61.1 Å². The highest BCUT2D eigenvalue weighted by Gasteiger charge is 2.36. The average Bonchev–Trinajstić information content (AvgIpc) is 3.30. The fourth-order valence-corrected chi connectivity index (χ4v) is 5.31. The smallest absolute Gasteiger partial charge is 0.211 e. The Morgan fingerprint density at radius 3 is 2.66 bits per heavy atom. The number of halogens is 1. The Balaban J connectivity index is 1.25. The summed E-state index contributed by atoms with van der Waals surface area (Å²) in [5.74, 6) is -0.357. The summed E-state index contributed by atoms with van der Waals surface area (Å²) in [6.07, 6.45) is 9.59. The summed E-state index contributed by atoms with van der Waals surface area (Å²) >= 11 is 0. The topological polar surface area (TPSA) is 87.1 Å². The number of hydrogen-bond acceptors (Lipinski definition) is 5. The number of sulfonamides is 1. The summed E-state index contributed by atoms with van der Waals surface area (Å²) in [5.41, 5.74) is 1.92. The molecule has 8 nitrogen and oxygen atoms in total. The van der Waals surface area contributed by atoms with Gasteiger partial charge < -0.3 is 4.98 Å². The first-order valence-corrected chi connectivity index (χ1v) is 11.6. The Labute approximate surface area is 168 Å². The molecule has 2 saturated heterocycles. The van der Waals surface area contributed by atoms with Crippen LogP contribution in [0.4, 0.5) is 4.39 Å². The third kappa shape index (κ3) is 3.34. The molecule has 0 spiro atoms. The van der Waals surface area contributed by atoms with Crippen LogP contribution < -0.4 is 0 Å². The minimum atomic E-state index is -3.09. The van der Waals surface area contributed by atoms with E-state index in [0.717, 1.165) is 36.9 Å². The van der Waals surface area contributed by atoms with Crippen LogP contribution in [0.2, 0.25) is 0 Å². The second kappa shape index (κ2) is 6.89. The number of pyridine rings is 1. The fourth-order valence-electron chi connectivity index (χ4n) is 4.44. The monoisotopic (exact) mass is 418 g/mol. The van der Waals surface area contributed by atoms with Gasteiger partial charge in [0.05, 0.1) is 24.7 Å². The standard InChI is InChI=1S/C19H23FN6O2S/c1-29(27,28)25-6-3-14(4-7-25)24-11-15(12-24)26-10-13(8-23-26)18-16-2-5-21-19(16)22-9-17(18)20/h2,5,8-10,14-15H,3-4,6-7,11-12H2,1H3,(H,21,22). The number of nitrogens with zero attached hydrogens (tertiary/aromatic N) is 5. The van der Waals surface area contributed by atoms with E-state index in [2.05, 4.69) is 20.0 Å².